The average molecular weight is 442 g/mol. The highest BCUT2D eigenvalue weighted by Gasteiger charge is 2.16. The molecule has 172 valence electrons. The lowest BCUT2D eigenvalue weighted by atomic mass is 10.1. The Morgan fingerprint density at radius 2 is 1.69 bits per heavy atom. The van der Waals surface area contributed by atoms with E-state index in [9.17, 15) is 14.4 Å². The summed E-state index contributed by atoms with van der Waals surface area (Å²) in [6.45, 7) is 7.25. The van der Waals surface area contributed by atoms with Gasteiger partial charge in [-0.3, -0.25) is 9.59 Å². The molecule has 0 unspecified atom stereocenters. The molecule has 0 bridgehead atoms. The summed E-state index contributed by atoms with van der Waals surface area (Å²) in [5, 5.41) is 7.91. The molecule has 2 aromatic carbocycles. The predicted octanol–water partition coefficient (Wildman–Crippen LogP) is 3.41. The summed E-state index contributed by atoms with van der Waals surface area (Å²) in [5.74, 6) is 0.0711. The number of para-hydroxylation sites is 1. The zero-order valence-corrected chi connectivity index (χ0v) is 19.0. The summed E-state index contributed by atoms with van der Waals surface area (Å²) in [6.07, 6.45) is 0.164. The standard InChI is InChI=1S/C24H31N3O5/c1-5-18-10-6-7-12-20(18)31-16-22(29)25-14-17-9-8-11-19(13-17)27-21(28)15-26-23(30)32-24(2,3)4/h6-13H,5,14-16H2,1-4H3,(H,25,29)(H,26,30)(H,27,28). The molecule has 0 atom stereocenters. The van der Waals surface area contributed by atoms with E-state index in [4.69, 9.17) is 9.47 Å². The van der Waals surface area contributed by atoms with Crippen molar-refractivity contribution in [3.05, 3.63) is 59.7 Å². The maximum Gasteiger partial charge on any atom is 0.408 e. The molecule has 0 aromatic heterocycles. The highest BCUT2D eigenvalue weighted by Crippen LogP contribution is 2.18. The van der Waals surface area contributed by atoms with Gasteiger partial charge in [-0.15, -0.1) is 0 Å². The number of carbonyl (C=O) groups excluding carboxylic acids is 3. The van der Waals surface area contributed by atoms with Crippen LogP contribution >= 0.6 is 0 Å². The van der Waals surface area contributed by atoms with E-state index in [0.717, 1.165) is 17.5 Å². The van der Waals surface area contributed by atoms with Crippen LogP contribution in [0.5, 0.6) is 5.75 Å². The van der Waals surface area contributed by atoms with Crippen molar-refractivity contribution in [3.8, 4) is 5.75 Å². The molecule has 0 radical (unpaired) electrons. The molecule has 2 aromatic rings. The van der Waals surface area contributed by atoms with E-state index in [0.29, 0.717) is 11.4 Å². The number of anilines is 1. The van der Waals surface area contributed by atoms with Gasteiger partial charge in [0, 0.05) is 12.2 Å². The number of rotatable bonds is 9. The Balaban J connectivity index is 1.78. The first-order valence-electron chi connectivity index (χ1n) is 10.5. The van der Waals surface area contributed by atoms with E-state index >= 15 is 0 Å². The van der Waals surface area contributed by atoms with Gasteiger partial charge in [0.05, 0.1) is 0 Å². The minimum absolute atomic E-state index is 0.0796. The number of amides is 3. The van der Waals surface area contributed by atoms with E-state index in [-0.39, 0.29) is 31.5 Å². The van der Waals surface area contributed by atoms with Crippen LogP contribution in [0.25, 0.3) is 0 Å². The highest BCUT2D eigenvalue weighted by molar-refractivity contribution is 5.93. The largest absolute Gasteiger partial charge is 0.483 e. The highest BCUT2D eigenvalue weighted by atomic mass is 16.6. The molecule has 0 saturated carbocycles. The number of aryl methyl sites for hydroxylation is 1. The smallest absolute Gasteiger partial charge is 0.408 e. The molecular formula is C24H31N3O5. The van der Waals surface area contributed by atoms with Gasteiger partial charge in [0.2, 0.25) is 5.91 Å². The third kappa shape index (κ3) is 9.07. The van der Waals surface area contributed by atoms with Gasteiger partial charge in [-0.05, 0) is 56.5 Å². The van der Waals surface area contributed by atoms with Crippen LogP contribution in [0.15, 0.2) is 48.5 Å². The summed E-state index contributed by atoms with van der Waals surface area (Å²) >= 11 is 0. The molecule has 0 aliphatic carbocycles. The SMILES string of the molecule is CCc1ccccc1OCC(=O)NCc1cccc(NC(=O)CNC(=O)OC(C)(C)C)c1. The fourth-order valence-corrected chi connectivity index (χ4v) is 2.76. The Morgan fingerprint density at radius 3 is 2.41 bits per heavy atom. The fourth-order valence-electron chi connectivity index (χ4n) is 2.76. The van der Waals surface area contributed by atoms with Crippen LogP contribution in [0, 0.1) is 0 Å². The second-order valence-corrected chi connectivity index (χ2v) is 8.13. The van der Waals surface area contributed by atoms with E-state index in [1.807, 2.05) is 37.3 Å². The molecule has 0 saturated heterocycles. The summed E-state index contributed by atoms with van der Waals surface area (Å²) in [5.41, 5.74) is 1.78. The number of hydrogen-bond acceptors (Lipinski definition) is 5. The molecule has 0 heterocycles. The van der Waals surface area contributed by atoms with Crippen LogP contribution in [-0.2, 0) is 27.3 Å². The van der Waals surface area contributed by atoms with Crippen molar-refractivity contribution in [2.45, 2.75) is 46.3 Å². The van der Waals surface area contributed by atoms with E-state index in [2.05, 4.69) is 16.0 Å². The van der Waals surface area contributed by atoms with Gasteiger partial charge in [0.25, 0.3) is 5.91 Å². The van der Waals surface area contributed by atoms with Crippen LogP contribution in [0.2, 0.25) is 0 Å². The number of benzene rings is 2. The van der Waals surface area contributed by atoms with E-state index in [1.165, 1.54) is 0 Å². The summed E-state index contributed by atoms with van der Waals surface area (Å²) in [6, 6.07) is 14.7. The lowest BCUT2D eigenvalue weighted by molar-refractivity contribution is -0.123. The Bertz CT molecular complexity index is 937. The van der Waals surface area contributed by atoms with Gasteiger partial charge >= 0.3 is 6.09 Å². The minimum atomic E-state index is -0.659. The molecule has 3 N–H and O–H groups in total. The lowest BCUT2D eigenvalue weighted by Crippen LogP contribution is -2.37. The predicted molar refractivity (Wildman–Crippen MR) is 122 cm³/mol. The zero-order chi connectivity index (χ0) is 23.6. The first kappa shape index (κ1) is 24.7. The second-order valence-electron chi connectivity index (χ2n) is 8.13. The molecule has 2 rings (SSSR count). The Labute approximate surface area is 188 Å². The molecule has 3 amide bonds. The summed E-state index contributed by atoms with van der Waals surface area (Å²) < 4.78 is 10.7. The summed E-state index contributed by atoms with van der Waals surface area (Å²) in [7, 11) is 0. The maximum atomic E-state index is 12.1. The van der Waals surface area contributed by atoms with Crippen LogP contribution in [0.4, 0.5) is 10.5 Å². The molecule has 0 aliphatic heterocycles. The van der Waals surface area contributed by atoms with Crippen LogP contribution in [0.1, 0.15) is 38.8 Å². The van der Waals surface area contributed by atoms with E-state index < -0.39 is 11.7 Å². The Hall–Kier alpha value is -3.55. The monoisotopic (exact) mass is 441 g/mol. The van der Waals surface area contributed by atoms with Gasteiger partial charge < -0.3 is 25.4 Å². The molecular weight excluding hydrogens is 410 g/mol. The van der Waals surface area contributed by atoms with Crippen molar-refractivity contribution in [3.63, 3.8) is 0 Å². The average Bonchev–Trinajstić information content (AvgIpc) is 2.74. The molecule has 0 fully saturated rings. The molecule has 0 aliphatic rings. The van der Waals surface area contributed by atoms with Gasteiger partial charge in [0.15, 0.2) is 6.61 Å². The van der Waals surface area contributed by atoms with Crippen molar-refractivity contribution in [1.82, 2.24) is 10.6 Å². The van der Waals surface area contributed by atoms with Crippen molar-refractivity contribution in [1.29, 1.82) is 0 Å². The number of hydrogen-bond donors (Lipinski definition) is 3. The lowest BCUT2D eigenvalue weighted by Gasteiger charge is -2.19. The Morgan fingerprint density at radius 1 is 0.938 bits per heavy atom. The fraction of sp³-hybridized carbons (Fsp3) is 0.375. The van der Waals surface area contributed by atoms with Crippen LogP contribution in [0.3, 0.4) is 0 Å². The molecule has 32 heavy (non-hydrogen) atoms. The zero-order valence-electron chi connectivity index (χ0n) is 19.0. The quantitative estimate of drug-likeness (QED) is 0.553. The first-order chi connectivity index (χ1) is 15.2. The molecule has 8 heteroatoms. The molecule has 0 spiro atoms. The summed E-state index contributed by atoms with van der Waals surface area (Å²) in [4.78, 5) is 35.8. The van der Waals surface area contributed by atoms with Crippen molar-refractivity contribution in [2.75, 3.05) is 18.5 Å². The number of nitrogens with one attached hydrogen (secondary N) is 3. The van der Waals surface area contributed by atoms with E-state index in [1.54, 1.807) is 39.0 Å². The van der Waals surface area contributed by atoms with Crippen molar-refractivity contribution >= 4 is 23.6 Å². The van der Waals surface area contributed by atoms with Gasteiger partial charge in [-0.25, -0.2) is 4.79 Å². The molecule has 8 nitrogen and oxygen atoms in total. The topological polar surface area (TPSA) is 106 Å². The third-order valence-electron chi connectivity index (χ3n) is 4.20. The first-order valence-corrected chi connectivity index (χ1v) is 10.5. The van der Waals surface area contributed by atoms with Crippen molar-refractivity contribution in [2.24, 2.45) is 0 Å². The van der Waals surface area contributed by atoms with Crippen molar-refractivity contribution < 1.29 is 23.9 Å². The third-order valence-corrected chi connectivity index (χ3v) is 4.20. The normalized spacial score (nSPS) is 10.8. The Kier molecular flexibility index (Phi) is 9.07. The van der Waals surface area contributed by atoms with Crippen LogP contribution in [-0.4, -0.2) is 36.7 Å². The van der Waals surface area contributed by atoms with Gasteiger partial charge in [-0.2, -0.15) is 0 Å². The van der Waals surface area contributed by atoms with Gasteiger partial charge in [-0.1, -0.05) is 37.3 Å². The van der Waals surface area contributed by atoms with Gasteiger partial charge in [0.1, 0.15) is 17.9 Å². The second kappa shape index (κ2) is 11.7. The van der Waals surface area contributed by atoms with Crippen LogP contribution < -0.4 is 20.7 Å². The number of carbonyl (C=O) groups is 3. The maximum absolute atomic E-state index is 12.1. The number of alkyl carbamates (subject to hydrolysis) is 1. The number of ether oxygens (including phenoxy) is 2. The minimum Gasteiger partial charge on any atom is -0.483 e.